The summed E-state index contributed by atoms with van der Waals surface area (Å²) in [5.74, 6) is 0.507. The predicted molar refractivity (Wildman–Crippen MR) is 63.4 cm³/mol. The molecule has 96 valence electrons. The molecule has 0 radical (unpaired) electrons. The summed E-state index contributed by atoms with van der Waals surface area (Å²) < 4.78 is 5.33. The summed E-state index contributed by atoms with van der Waals surface area (Å²) in [4.78, 5) is 13.0. The minimum absolute atomic E-state index is 0.0340. The number of aliphatic hydroxyl groups excluding tert-OH is 1. The van der Waals surface area contributed by atoms with Gasteiger partial charge in [0.1, 0.15) is 0 Å². The van der Waals surface area contributed by atoms with Crippen LogP contribution >= 0.6 is 0 Å². The number of urea groups is 1. The Hall–Kier alpha value is -0.810. The maximum absolute atomic E-state index is 11.5. The van der Waals surface area contributed by atoms with E-state index in [1.54, 1.807) is 14.0 Å². The van der Waals surface area contributed by atoms with Crippen molar-refractivity contribution in [2.24, 2.45) is 5.92 Å². The summed E-state index contributed by atoms with van der Waals surface area (Å²) in [7, 11) is 1.66. The van der Waals surface area contributed by atoms with Crippen LogP contribution in [0.25, 0.3) is 0 Å². The van der Waals surface area contributed by atoms with E-state index < -0.39 is 0 Å². The lowest BCUT2D eigenvalue weighted by molar-refractivity contribution is 0.109. The van der Waals surface area contributed by atoms with Crippen LogP contribution in [0.3, 0.4) is 0 Å². The summed E-state index contributed by atoms with van der Waals surface area (Å²) in [5, 5.41) is 11.6. The van der Waals surface area contributed by atoms with Gasteiger partial charge in [-0.25, -0.2) is 4.79 Å². The second kappa shape index (κ2) is 8.35. The Morgan fingerprint density at radius 1 is 1.44 bits per heavy atom. The summed E-state index contributed by atoms with van der Waals surface area (Å²) in [6.07, 6.45) is 0. The van der Waals surface area contributed by atoms with E-state index in [4.69, 9.17) is 9.84 Å². The molecule has 0 fully saturated rings. The number of ether oxygens (including phenoxy) is 1. The molecule has 5 heteroatoms. The first-order chi connectivity index (χ1) is 7.49. The zero-order valence-corrected chi connectivity index (χ0v) is 10.7. The second-order valence-electron chi connectivity index (χ2n) is 4.34. The van der Waals surface area contributed by atoms with Crippen LogP contribution in [0.15, 0.2) is 0 Å². The van der Waals surface area contributed by atoms with Gasteiger partial charge in [0.05, 0.1) is 19.3 Å². The van der Waals surface area contributed by atoms with E-state index in [1.165, 1.54) is 4.90 Å². The molecule has 0 saturated carbocycles. The van der Waals surface area contributed by atoms with E-state index in [9.17, 15) is 4.79 Å². The molecular weight excluding hydrogens is 208 g/mol. The highest BCUT2D eigenvalue weighted by Gasteiger charge is 2.13. The first kappa shape index (κ1) is 15.2. The molecule has 5 nitrogen and oxygen atoms in total. The Kier molecular flexibility index (Phi) is 7.93. The van der Waals surface area contributed by atoms with Crippen molar-refractivity contribution in [2.75, 3.05) is 33.4 Å². The van der Waals surface area contributed by atoms with E-state index in [1.807, 2.05) is 0 Å². The van der Waals surface area contributed by atoms with Crippen LogP contribution in [0.1, 0.15) is 20.8 Å². The van der Waals surface area contributed by atoms with E-state index in [2.05, 4.69) is 19.2 Å². The van der Waals surface area contributed by atoms with Gasteiger partial charge >= 0.3 is 6.03 Å². The third kappa shape index (κ3) is 6.63. The van der Waals surface area contributed by atoms with Gasteiger partial charge in [0.15, 0.2) is 0 Å². The third-order valence-corrected chi connectivity index (χ3v) is 2.22. The monoisotopic (exact) mass is 232 g/mol. The van der Waals surface area contributed by atoms with Gasteiger partial charge in [-0.1, -0.05) is 13.8 Å². The molecule has 0 saturated heterocycles. The van der Waals surface area contributed by atoms with E-state index >= 15 is 0 Å². The van der Waals surface area contributed by atoms with Crippen LogP contribution in [-0.4, -0.2) is 55.5 Å². The minimum Gasteiger partial charge on any atom is -0.394 e. The van der Waals surface area contributed by atoms with Gasteiger partial charge in [0, 0.05) is 20.2 Å². The van der Waals surface area contributed by atoms with Crippen molar-refractivity contribution in [3.05, 3.63) is 0 Å². The fraction of sp³-hybridized carbons (Fsp3) is 0.909. The summed E-state index contributed by atoms with van der Waals surface area (Å²) in [6.45, 7) is 7.63. The summed E-state index contributed by atoms with van der Waals surface area (Å²) in [6, 6.07) is -0.355. The normalized spacial score (nSPS) is 12.6. The SMILES string of the molecule is CC(C)COCCNC(=O)N(C)C(C)CO. The van der Waals surface area contributed by atoms with Crippen molar-refractivity contribution < 1.29 is 14.6 Å². The number of hydrogen-bond donors (Lipinski definition) is 2. The predicted octanol–water partition coefficient (Wildman–Crippen LogP) is 0.681. The highest BCUT2D eigenvalue weighted by molar-refractivity contribution is 5.74. The van der Waals surface area contributed by atoms with Crippen molar-refractivity contribution in [1.29, 1.82) is 0 Å². The molecule has 0 heterocycles. The maximum atomic E-state index is 11.5. The highest BCUT2D eigenvalue weighted by Crippen LogP contribution is 1.94. The Morgan fingerprint density at radius 2 is 2.06 bits per heavy atom. The molecule has 2 amide bonds. The van der Waals surface area contributed by atoms with Gasteiger partial charge < -0.3 is 20.1 Å². The van der Waals surface area contributed by atoms with E-state index in [-0.39, 0.29) is 18.7 Å². The second-order valence-corrected chi connectivity index (χ2v) is 4.34. The molecule has 0 rings (SSSR count). The average Bonchev–Trinajstić information content (AvgIpc) is 2.25. The minimum atomic E-state index is -0.185. The third-order valence-electron chi connectivity index (χ3n) is 2.22. The molecule has 0 aliphatic carbocycles. The van der Waals surface area contributed by atoms with Crippen molar-refractivity contribution in [3.8, 4) is 0 Å². The first-order valence-electron chi connectivity index (χ1n) is 5.68. The highest BCUT2D eigenvalue weighted by atomic mass is 16.5. The van der Waals surface area contributed by atoms with Gasteiger partial charge in [-0.15, -0.1) is 0 Å². The van der Waals surface area contributed by atoms with Gasteiger partial charge in [-0.2, -0.15) is 0 Å². The maximum Gasteiger partial charge on any atom is 0.317 e. The number of hydrogen-bond acceptors (Lipinski definition) is 3. The van der Waals surface area contributed by atoms with Crippen LogP contribution in [0.2, 0.25) is 0 Å². The standard InChI is InChI=1S/C11H24N2O3/c1-9(2)8-16-6-5-12-11(15)13(4)10(3)7-14/h9-10,14H,5-8H2,1-4H3,(H,12,15). The van der Waals surface area contributed by atoms with Crippen LogP contribution in [0.4, 0.5) is 4.79 Å². The molecule has 0 aliphatic heterocycles. The fourth-order valence-corrected chi connectivity index (χ4v) is 0.997. The topological polar surface area (TPSA) is 61.8 Å². The molecule has 0 aromatic heterocycles. The Bertz CT molecular complexity index is 198. The fourth-order valence-electron chi connectivity index (χ4n) is 0.997. The Labute approximate surface area is 97.8 Å². The van der Waals surface area contributed by atoms with Gasteiger partial charge in [0.2, 0.25) is 0 Å². The number of amides is 2. The van der Waals surface area contributed by atoms with Gasteiger partial charge in [-0.3, -0.25) is 0 Å². The quantitative estimate of drug-likeness (QED) is 0.635. The number of carbonyl (C=O) groups is 1. The largest absolute Gasteiger partial charge is 0.394 e. The van der Waals surface area contributed by atoms with Crippen molar-refractivity contribution in [2.45, 2.75) is 26.8 Å². The van der Waals surface area contributed by atoms with E-state index in [0.29, 0.717) is 25.7 Å². The number of carbonyl (C=O) groups excluding carboxylic acids is 1. The van der Waals surface area contributed by atoms with Gasteiger partial charge in [0.25, 0.3) is 0 Å². The average molecular weight is 232 g/mol. The van der Waals surface area contributed by atoms with Crippen molar-refractivity contribution >= 4 is 6.03 Å². The number of rotatable bonds is 7. The molecule has 2 N–H and O–H groups in total. The number of nitrogens with zero attached hydrogens (tertiary/aromatic N) is 1. The van der Waals surface area contributed by atoms with Crippen LogP contribution in [0, 0.1) is 5.92 Å². The van der Waals surface area contributed by atoms with Crippen LogP contribution < -0.4 is 5.32 Å². The smallest absolute Gasteiger partial charge is 0.317 e. The number of nitrogens with one attached hydrogen (secondary N) is 1. The lowest BCUT2D eigenvalue weighted by Gasteiger charge is -2.23. The molecule has 0 spiro atoms. The van der Waals surface area contributed by atoms with Crippen LogP contribution in [-0.2, 0) is 4.74 Å². The molecule has 0 aliphatic rings. The molecule has 1 unspecified atom stereocenters. The van der Waals surface area contributed by atoms with Gasteiger partial charge in [-0.05, 0) is 12.8 Å². The van der Waals surface area contributed by atoms with E-state index in [0.717, 1.165) is 0 Å². The molecular formula is C11H24N2O3. The van der Waals surface area contributed by atoms with Crippen LogP contribution in [0.5, 0.6) is 0 Å². The lowest BCUT2D eigenvalue weighted by atomic mass is 10.2. The first-order valence-corrected chi connectivity index (χ1v) is 5.68. The number of likely N-dealkylation sites (N-methyl/N-ethyl adjacent to an activating group) is 1. The molecule has 0 bridgehead atoms. The Balaban J connectivity index is 3.57. The molecule has 16 heavy (non-hydrogen) atoms. The summed E-state index contributed by atoms with van der Waals surface area (Å²) >= 11 is 0. The summed E-state index contributed by atoms with van der Waals surface area (Å²) in [5.41, 5.74) is 0. The zero-order chi connectivity index (χ0) is 12.6. The zero-order valence-electron chi connectivity index (χ0n) is 10.7. The molecule has 0 aromatic rings. The van der Waals surface area contributed by atoms with Crippen molar-refractivity contribution in [1.82, 2.24) is 10.2 Å². The molecule has 1 atom stereocenters. The molecule has 0 aromatic carbocycles. The van der Waals surface area contributed by atoms with Crippen molar-refractivity contribution in [3.63, 3.8) is 0 Å². The number of aliphatic hydroxyl groups is 1. The lowest BCUT2D eigenvalue weighted by Crippen LogP contribution is -2.44. The Morgan fingerprint density at radius 3 is 2.56 bits per heavy atom.